The van der Waals surface area contributed by atoms with Crippen molar-refractivity contribution in [2.75, 3.05) is 0 Å². The van der Waals surface area contributed by atoms with Crippen molar-refractivity contribution in [3.05, 3.63) is 16.8 Å². The predicted molar refractivity (Wildman–Crippen MR) is 61.5 cm³/mol. The lowest BCUT2D eigenvalue weighted by Crippen LogP contribution is -1.71. The zero-order valence-corrected chi connectivity index (χ0v) is 12.1. The van der Waals surface area contributed by atoms with E-state index in [0.717, 1.165) is 0 Å². The standard InChI is InChI=1S/C4Br4Cl2/c5-1(3(7)9)2(6)4(8)10/b3-1+,4-2+. The van der Waals surface area contributed by atoms with Crippen LogP contribution in [0.5, 0.6) is 0 Å². The molecule has 0 aromatic heterocycles. The highest BCUT2D eigenvalue weighted by Gasteiger charge is 2.05. The fourth-order valence-electron chi connectivity index (χ4n) is 0.166. The third-order valence-corrected chi connectivity index (χ3v) is 5.33. The van der Waals surface area contributed by atoms with Gasteiger partial charge in [-0.2, -0.15) is 0 Å². The molecule has 6 heteroatoms. The van der Waals surface area contributed by atoms with E-state index in [0.29, 0.717) is 16.8 Å². The number of hydrogen-bond acceptors (Lipinski definition) is 0. The van der Waals surface area contributed by atoms with E-state index < -0.39 is 0 Å². The summed E-state index contributed by atoms with van der Waals surface area (Å²) >= 11 is 23.7. The van der Waals surface area contributed by atoms with Crippen molar-refractivity contribution < 1.29 is 0 Å². The number of allylic oxidation sites excluding steroid dienone is 2. The van der Waals surface area contributed by atoms with Gasteiger partial charge in [-0.25, -0.2) is 0 Å². The largest absolute Gasteiger partial charge is 0.0987 e. The maximum Gasteiger partial charge on any atom is 0.0987 e. The second-order valence-corrected chi connectivity index (χ2v) is 5.99. The molecule has 0 aromatic rings. The van der Waals surface area contributed by atoms with Crippen LogP contribution in [-0.4, -0.2) is 0 Å². The first-order valence-electron chi connectivity index (χ1n) is 1.88. The molecule has 0 heterocycles. The summed E-state index contributed by atoms with van der Waals surface area (Å²) < 4.78 is 2.24. The molecule has 0 bridgehead atoms. The van der Waals surface area contributed by atoms with Crippen molar-refractivity contribution in [3.63, 3.8) is 0 Å². The molecule has 0 saturated carbocycles. The molecule has 0 aliphatic rings. The molecule has 0 rings (SSSR count). The smallest absolute Gasteiger partial charge is 0.0749 e. The van der Waals surface area contributed by atoms with Gasteiger partial charge in [0.2, 0.25) is 0 Å². The van der Waals surface area contributed by atoms with Gasteiger partial charge in [-0.1, -0.05) is 23.2 Å². The molecule has 0 N–H and O–H groups in total. The van der Waals surface area contributed by atoms with Crippen LogP contribution in [0.4, 0.5) is 0 Å². The predicted octanol–water partition coefficient (Wildman–Crippen LogP) is 5.38. The van der Waals surface area contributed by atoms with Gasteiger partial charge in [0.15, 0.2) is 0 Å². The van der Waals surface area contributed by atoms with Gasteiger partial charge in [0.1, 0.15) is 0 Å². The Labute approximate surface area is 103 Å². The molecule has 0 saturated heterocycles. The van der Waals surface area contributed by atoms with Crippen molar-refractivity contribution in [1.82, 2.24) is 0 Å². The second-order valence-electron chi connectivity index (χ2n) is 1.15. The quantitative estimate of drug-likeness (QED) is 0.482. The minimum absolute atomic E-state index is 0.456. The van der Waals surface area contributed by atoms with Gasteiger partial charge in [0.05, 0.1) is 16.8 Å². The van der Waals surface area contributed by atoms with Crippen LogP contribution in [0.2, 0.25) is 0 Å². The Bertz CT molecular complexity index is 165. The normalized spacial score (nSPS) is 16.2. The van der Waals surface area contributed by atoms with Crippen molar-refractivity contribution in [3.8, 4) is 0 Å². The fraction of sp³-hybridized carbons (Fsp3) is 0. The van der Waals surface area contributed by atoms with Crippen LogP contribution in [0, 0.1) is 0 Å². The van der Waals surface area contributed by atoms with Crippen LogP contribution in [0.25, 0.3) is 0 Å². The maximum absolute atomic E-state index is 5.57. The summed E-state index contributed by atoms with van der Waals surface area (Å²) in [6, 6.07) is 0. The monoisotopic (exact) mass is 434 g/mol. The lowest BCUT2D eigenvalue weighted by atomic mass is 10.6. The first-order chi connectivity index (χ1) is 4.46. The Hall–Kier alpha value is 1.98. The first kappa shape index (κ1) is 12.0. The van der Waals surface area contributed by atoms with E-state index in [1.807, 2.05) is 0 Å². The Balaban J connectivity index is 4.71. The highest BCUT2D eigenvalue weighted by molar-refractivity contribution is 9.17. The minimum atomic E-state index is 0.456. The summed E-state index contributed by atoms with van der Waals surface area (Å²) in [5.41, 5.74) is 0. The number of rotatable bonds is 1. The molecule has 0 amide bonds. The molecule has 58 valence electrons. The van der Waals surface area contributed by atoms with Gasteiger partial charge in [0, 0.05) is 0 Å². The molecular weight excluding hydrogens is 439 g/mol. The topological polar surface area (TPSA) is 0 Å². The average molecular weight is 439 g/mol. The lowest BCUT2D eigenvalue weighted by Gasteiger charge is -1.96. The van der Waals surface area contributed by atoms with E-state index in [1.165, 1.54) is 0 Å². The van der Waals surface area contributed by atoms with E-state index in [2.05, 4.69) is 63.7 Å². The Morgan fingerprint density at radius 3 is 1.00 bits per heavy atom. The Morgan fingerprint density at radius 2 is 0.900 bits per heavy atom. The molecule has 0 atom stereocenters. The summed E-state index contributed by atoms with van der Waals surface area (Å²) in [4.78, 5) is 0. The molecule has 10 heavy (non-hydrogen) atoms. The van der Waals surface area contributed by atoms with Gasteiger partial charge in [-0.3, -0.25) is 0 Å². The van der Waals surface area contributed by atoms with E-state index >= 15 is 0 Å². The summed E-state index contributed by atoms with van der Waals surface area (Å²) in [7, 11) is 0. The average Bonchev–Trinajstić information content (AvgIpc) is 1.84. The van der Waals surface area contributed by atoms with Gasteiger partial charge >= 0.3 is 0 Å². The van der Waals surface area contributed by atoms with Gasteiger partial charge in [-0.05, 0) is 63.7 Å². The maximum atomic E-state index is 5.57. The minimum Gasteiger partial charge on any atom is -0.0749 e. The zero-order chi connectivity index (χ0) is 8.31. The van der Waals surface area contributed by atoms with Crippen molar-refractivity contribution in [2.24, 2.45) is 0 Å². The molecule has 0 unspecified atom stereocenters. The molecule has 0 nitrogen and oxygen atoms in total. The molecule has 0 aliphatic carbocycles. The number of hydrogen-bond donors (Lipinski definition) is 0. The van der Waals surface area contributed by atoms with Crippen molar-refractivity contribution in [1.29, 1.82) is 0 Å². The number of halogens is 6. The lowest BCUT2D eigenvalue weighted by molar-refractivity contribution is 1.94. The second kappa shape index (κ2) is 5.60. The van der Waals surface area contributed by atoms with Crippen LogP contribution < -0.4 is 0 Å². The van der Waals surface area contributed by atoms with E-state index in [4.69, 9.17) is 23.2 Å². The summed E-state index contributed by atoms with van der Waals surface area (Å²) in [5.74, 6) is 0. The summed E-state index contributed by atoms with van der Waals surface area (Å²) in [6.07, 6.45) is 0. The first-order valence-corrected chi connectivity index (χ1v) is 5.81. The summed E-state index contributed by atoms with van der Waals surface area (Å²) in [5, 5.41) is 0. The molecule has 0 radical (unpaired) electrons. The zero-order valence-electron chi connectivity index (χ0n) is 4.27. The SMILES string of the molecule is Cl/C(Br)=C(Br)\C(Br)=C(/Cl)Br. The van der Waals surface area contributed by atoms with Crippen molar-refractivity contribution >= 4 is 86.9 Å². The Kier molecular flexibility index (Phi) is 6.70. The highest BCUT2D eigenvalue weighted by Crippen LogP contribution is 2.36. The molecule has 0 aromatic carbocycles. The summed E-state index contributed by atoms with van der Waals surface area (Å²) in [6.45, 7) is 0. The molecule has 0 fully saturated rings. The molecular formula is C4Br4Cl2. The van der Waals surface area contributed by atoms with Gasteiger partial charge in [-0.15, -0.1) is 0 Å². The molecule has 0 aliphatic heterocycles. The van der Waals surface area contributed by atoms with E-state index in [9.17, 15) is 0 Å². The van der Waals surface area contributed by atoms with Crippen LogP contribution in [0.1, 0.15) is 0 Å². The van der Waals surface area contributed by atoms with Crippen LogP contribution in [-0.2, 0) is 0 Å². The van der Waals surface area contributed by atoms with Crippen LogP contribution in [0.15, 0.2) is 16.8 Å². The van der Waals surface area contributed by atoms with Crippen LogP contribution in [0.3, 0.4) is 0 Å². The third-order valence-electron chi connectivity index (χ3n) is 0.525. The van der Waals surface area contributed by atoms with Gasteiger partial charge in [0.25, 0.3) is 0 Å². The van der Waals surface area contributed by atoms with Crippen LogP contribution >= 0.6 is 86.9 Å². The highest BCUT2D eigenvalue weighted by atomic mass is 79.9. The molecule has 0 spiro atoms. The van der Waals surface area contributed by atoms with Crippen molar-refractivity contribution in [2.45, 2.75) is 0 Å². The Morgan fingerprint density at radius 1 is 0.700 bits per heavy atom. The third kappa shape index (κ3) is 4.12. The van der Waals surface area contributed by atoms with E-state index in [1.54, 1.807) is 0 Å². The fourth-order valence-corrected chi connectivity index (χ4v) is 1.91. The van der Waals surface area contributed by atoms with E-state index in [-0.39, 0.29) is 0 Å². The van der Waals surface area contributed by atoms with Gasteiger partial charge < -0.3 is 0 Å².